The van der Waals surface area contributed by atoms with Gasteiger partial charge in [0.15, 0.2) is 10.9 Å². The average Bonchev–Trinajstić information content (AvgIpc) is 3.00. The smallest absolute Gasteiger partial charge is 0.270 e. The fourth-order valence-electron chi connectivity index (χ4n) is 3.04. The number of thiocarbonyl (C=S) groups is 1. The van der Waals surface area contributed by atoms with E-state index in [0.29, 0.717) is 15.0 Å². The van der Waals surface area contributed by atoms with Crippen molar-refractivity contribution in [3.8, 4) is 5.75 Å². The summed E-state index contributed by atoms with van der Waals surface area (Å²) in [7, 11) is 0. The number of thioether (sulfide) groups is 1. The molecule has 2 N–H and O–H groups in total. The minimum atomic E-state index is -0.536. The van der Waals surface area contributed by atoms with E-state index in [0.717, 1.165) is 22.0 Å². The normalized spacial score (nSPS) is 15.3. The molecule has 7 heteroatoms. The Morgan fingerprint density at radius 1 is 1.07 bits per heavy atom. The molecule has 3 aromatic carbocycles. The SMILES string of the molecule is NC(=O)COc1ccc(C=C2SC(=S)N(c3cccc4ccccc34)C2=O)cc1. The average molecular weight is 421 g/mol. The van der Waals surface area contributed by atoms with Crippen molar-refractivity contribution in [3.63, 3.8) is 0 Å². The Morgan fingerprint density at radius 2 is 1.79 bits per heavy atom. The summed E-state index contributed by atoms with van der Waals surface area (Å²) in [4.78, 5) is 26.0. The van der Waals surface area contributed by atoms with Crippen molar-refractivity contribution >= 4 is 62.7 Å². The molecule has 4 rings (SSSR count). The molecule has 1 heterocycles. The van der Waals surface area contributed by atoms with Gasteiger partial charge in [0.05, 0.1) is 10.6 Å². The highest BCUT2D eigenvalue weighted by molar-refractivity contribution is 8.27. The van der Waals surface area contributed by atoms with Gasteiger partial charge in [0.25, 0.3) is 11.8 Å². The number of carbonyl (C=O) groups excluding carboxylic acids is 2. The van der Waals surface area contributed by atoms with Crippen molar-refractivity contribution in [2.75, 3.05) is 11.5 Å². The van der Waals surface area contributed by atoms with Crippen molar-refractivity contribution in [2.45, 2.75) is 0 Å². The molecule has 0 radical (unpaired) electrons. The summed E-state index contributed by atoms with van der Waals surface area (Å²) in [5, 5.41) is 2.03. The largest absolute Gasteiger partial charge is 0.484 e. The highest BCUT2D eigenvalue weighted by atomic mass is 32.2. The maximum absolute atomic E-state index is 13.1. The van der Waals surface area contributed by atoms with Crippen LogP contribution >= 0.6 is 24.0 Å². The third-order valence-corrected chi connectivity index (χ3v) is 5.66. The number of primary amides is 1. The summed E-state index contributed by atoms with van der Waals surface area (Å²) in [6, 6.07) is 20.8. The van der Waals surface area contributed by atoms with Crippen LogP contribution < -0.4 is 15.4 Å². The zero-order chi connectivity index (χ0) is 20.4. The molecule has 0 unspecified atom stereocenters. The van der Waals surface area contributed by atoms with Gasteiger partial charge in [0, 0.05) is 5.39 Å². The van der Waals surface area contributed by atoms with E-state index in [2.05, 4.69) is 0 Å². The fraction of sp³-hybridized carbons (Fsp3) is 0.0455. The predicted octanol–water partition coefficient (Wildman–Crippen LogP) is 4.11. The lowest BCUT2D eigenvalue weighted by Crippen LogP contribution is -2.27. The van der Waals surface area contributed by atoms with Crippen LogP contribution in [0.2, 0.25) is 0 Å². The van der Waals surface area contributed by atoms with Gasteiger partial charge in [-0.1, -0.05) is 72.5 Å². The maximum Gasteiger partial charge on any atom is 0.270 e. The van der Waals surface area contributed by atoms with Gasteiger partial charge in [0.2, 0.25) is 0 Å². The lowest BCUT2D eigenvalue weighted by atomic mass is 10.1. The Hall–Kier alpha value is -3.16. The van der Waals surface area contributed by atoms with Crippen LogP contribution in [0, 0.1) is 0 Å². The van der Waals surface area contributed by atoms with Crippen molar-refractivity contribution < 1.29 is 14.3 Å². The van der Waals surface area contributed by atoms with E-state index in [1.165, 1.54) is 11.8 Å². The number of amides is 2. The summed E-state index contributed by atoms with van der Waals surface area (Å²) < 4.78 is 5.75. The molecule has 0 bridgehead atoms. The molecule has 29 heavy (non-hydrogen) atoms. The quantitative estimate of drug-likeness (QED) is 0.497. The third-order valence-electron chi connectivity index (χ3n) is 4.36. The number of rotatable bonds is 5. The van der Waals surface area contributed by atoms with Gasteiger partial charge in [-0.25, -0.2) is 0 Å². The molecule has 144 valence electrons. The number of nitrogens with zero attached hydrogens (tertiary/aromatic N) is 1. The first-order valence-electron chi connectivity index (χ1n) is 8.80. The number of nitrogens with two attached hydrogens (primary N) is 1. The first-order chi connectivity index (χ1) is 14.0. The molecular formula is C22H16N2O3S2. The molecule has 0 saturated carbocycles. The fourth-order valence-corrected chi connectivity index (χ4v) is 4.33. The summed E-state index contributed by atoms with van der Waals surface area (Å²) in [6.45, 7) is -0.178. The highest BCUT2D eigenvalue weighted by Crippen LogP contribution is 2.38. The molecule has 0 spiro atoms. The van der Waals surface area contributed by atoms with E-state index in [1.807, 2.05) is 42.5 Å². The number of hydrogen-bond donors (Lipinski definition) is 1. The second kappa shape index (κ2) is 8.06. The van der Waals surface area contributed by atoms with Crippen LogP contribution in [0.5, 0.6) is 5.75 Å². The first kappa shape index (κ1) is 19.2. The van der Waals surface area contributed by atoms with Crippen LogP contribution in [0.25, 0.3) is 16.8 Å². The number of ether oxygens (including phenoxy) is 1. The first-order valence-corrected chi connectivity index (χ1v) is 10.0. The molecule has 1 aliphatic rings. The minimum Gasteiger partial charge on any atom is -0.484 e. The van der Waals surface area contributed by atoms with Gasteiger partial charge in [-0.3, -0.25) is 14.5 Å². The zero-order valence-electron chi connectivity index (χ0n) is 15.2. The zero-order valence-corrected chi connectivity index (χ0v) is 16.8. The number of benzene rings is 3. The third kappa shape index (κ3) is 4.01. The summed E-state index contributed by atoms with van der Waals surface area (Å²) in [5.41, 5.74) is 6.68. The Labute approximate surface area is 177 Å². The summed E-state index contributed by atoms with van der Waals surface area (Å²) in [5.74, 6) is -0.152. The molecule has 0 aromatic heterocycles. The number of anilines is 1. The van der Waals surface area contributed by atoms with Gasteiger partial charge in [0.1, 0.15) is 5.75 Å². The van der Waals surface area contributed by atoms with Crippen molar-refractivity contribution in [1.82, 2.24) is 0 Å². The minimum absolute atomic E-state index is 0.148. The van der Waals surface area contributed by atoms with Crippen LogP contribution in [0.1, 0.15) is 5.56 Å². The van der Waals surface area contributed by atoms with E-state index in [-0.39, 0.29) is 12.5 Å². The van der Waals surface area contributed by atoms with Crippen LogP contribution in [0.4, 0.5) is 5.69 Å². The van der Waals surface area contributed by atoms with Gasteiger partial charge < -0.3 is 10.5 Å². The summed E-state index contributed by atoms with van der Waals surface area (Å²) in [6.07, 6.45) is 1.79. The van der Waals surface area contributed by atoms with Gasteiger partial charge >= 0.3 is 0 Å². The number of hydrogen-bond acceptors (Lipinski definition) is 5. The molecule has 2 amide bonds. The monoisotopic (exact) mass is 420 g/mol. The Kier molecular flexibility index (Phi) is 5.33. The van der Waals surface area contributed by atoms with E-state index >= 15 is 0 Å². The van der Waals surface area contributed by atoms with Gasteiger partial charge in [-0.15, -0.1) is 0 Å². The molecule has 1 aliphatic heterocycles. The number of fused-ring (bicyclic) bond motifs is 1. The molecule has 0 aliphatic carbocycles. The van der Waals surface area contributed by atoms with E-state index in [4.69, 9.17) is 22.7 Å². The molecule has 1 saturated heterocycles. The van der Waals surface area contributed by atoms with Gasteiger partial charge in [-0.05, 0) is 35.2 Å². The molecule has 3 aromatic rings. The molecular weight excluding hydrogens is 404 g/mol. The van der Waals surface area contributed by atoms with E-state index < -0.39 is 5.91 Å². The lowest BCUT2D eigenvalue weighted by molar-refractivity contribution is -0.120. The highest BCUT2D eigenvalue weighted by Gasteiger charge is 2.34. The standard InChI is InChI=1S/C22H16N2O3S2/c23-20(25)13-27-16-10-8-14(9-11-16)12-19-21(26)24(22(28)29-19)18-7-3-5-15-4-1-2-6-17(15)18/h1-12H,13H2,(H2,23,25). The van der Waals surface area contributed by atoms with Crippen LogP contribution in [-0.2, 0) is 9.59 Å². The van der Waals surface area contributed by atoms with E-state index in [9.17, 15) is 9.59 Å². The molecule has 5 nitrogen and oxygen atoms in total. The maximum atomic E-state index is 13.1. The second-order valence-electron chi connectivity index (χ2n) is 6.34. The number of carbonyl (C=O) groups is 2. The predicted molar refractivity (Wildman–Crippen MR) is 121 cm³/mol. The molecule has 1 fully saturated rings. The van der Waals surface area contributed by atoms with Gasteiger partial charge in [-0.2, -0.15) is 0 Å². The van der Waals surface area contributed by atoms with E-state index in [1.54, 1.807) is 35.2 Å². The van der Waals surface area contributed by atoms with Crippen LogP contribution in [0.15, 0.2) is 71.6 Å². The van der Waals surface area contributed by atoms with Crippen LogP contribution in [-0.4, -0.2) is 22.7 Å². The Balaban J connectivity index is 1.60. The van der Waals surface area contributed by atoms with Crippen molar-refractivity contribution in [1.29, 1.82) is 0 Å². The van der Waals surface area contributed by atoms with Crippen LogP contribution in [0.3, 0.4) is 0 Å². The molecule has 0 atom stereocenters. The van der Waals surface area contributed by atoms with Crippen molar-refractivity contribution in [2.24, 2.45) is 5.73 Å². The Morgan fingerprint density at radius 3 is 2.55 bits per heavy atom. The second-order valence-corrected chi connectivity index (χ2v) is 8.02. The van der Waals surface area contributed by atoms with Crippen molar-refractivity contribution in [3.05, 3.63) is 77.2 Å². The lowest BCUT2D eigenvalue weighted by Gasteiger charge is -2.17. The summed E-state index contributed by atoms with van der Waals surface area (Å²) >= 11 is 6.77. The topological polar surface area (TPSA) is 72.6 Å². The Bertz CT molecular complexity index is 1150.